The Morgan fingerprint density at radius 2 is 2.15 bits per heavy atom. The van der Waals surface area contributed by atoms with E-state index in [2.05, 4.69) is 5.32 Å². The Labute approximate surface area is 151 Å². The van der Waals surface area contributed by atoms with E-state index >= 15 is 0 Å². The van der Waals surface area contributed by atoms with Crippen LogP contribution < -0.4 is 5.32 Å². The number of carbonyl (C=O) groups is 1. The van der Waals surface area contributed by atoms with Gasteiger partial charge in [0, 0.05) is 29.8 Å². The third-order valence-electron chi connectivity index (χ3n) is 3.97. The van der Waals surface area contributed by atoms with Gasteiger partial charge < -0.3 is 9.73 Å². The van der Waals surface area contributed by atoms with E-state index in [1.165, 1.54) is 18.2 Å². The predicted octanol–water partition coefficient (Wildman–Crippen LogP) is 3.98. The Balaban J connectivity index is 2.32. The standard InChI is InChI=1S/C19H19N3O4/c1-4-13(3)21-19(23)14(11-20)9-16-7-8-18(26-16)17-10-15(22(24)25)6-5-12(17)2/h5-10,13H,4H2,1-3H3,(H,21,23)/b14-9+/t13-/m1/s1. The summed E-state index contributed by atoms with van der Waals surface area (Å²) < 4.78 is 5.67. The van der Waals surface area contributed by atoms with Crippen molar-refractivity contribution in [2.24, 2.45) is 0 Å². The number of nitrogens with one attached hydrogen (secondary N) is 1. The predicted molar refractivity (Wildman–Crippen MR) is 97.0 cm³/mol. The zero-order chi connectivity index (χ0) is 19.3. The monoisotopic (exact) mass is 353 g/mol. The van der Waals surface area contributed by atoms with Gasteiger partial charge in [0.05, 0.1) is 4.92 Å². The molecule has 0 aliphatic carbocycles. The molecule has 0 saturated heterocycles. The average molecular weight is 353 g/mol. The van der Waals surface area contributed by atoms with Crippen molar-refractivity contribution in [3.8, 4) is 17.4 Å². The second-order valence-electron chi connectivity index (χ2n) is 5.91. The molecule has 0 saturated carbocycles. The lowest BCUT2D eigenvalue weighted by Crippen LogP contribution is -2.32. The van der Waals surface area contributed by atoms with Gasteiger partial charge in [-0.05, 0) is 38.0 Å². The van der Waals surface area contributed by atoms with Crippen LogP contribution in [0.4, 0.5) is 5.69 Å². The van der Waals surface area contributed by atoms with Crippen LogP contribution in [0.3, 0.4) is 0 Å². The van der Waals surface area contributed by atoms with Crippen molar-refractivity contribution in [3.63, 3.8) is 0 Å². The van der Waals surface area contributed by atoms with Crippen molar-refractivity contribution in [2.75, 3.05) is 0 Å². The van der Waals surface area contributed by atoms with E-state index in [4.69, 9.17) is 4.42 Å². The minimum absolute atomic E-state index is 0.0373. The van der Waals surface area contributed by atoms with Crippen molar-refractivity contribution in [3.05, 3.63) is 57.3 Å². The van der Waals surface area contributed by atoms with Crippen LogP contribution in [0.15, 0.2) is 40.3 Å². The van der Waals surface area contributed by atoms with Gasteiger partial charge in [-0.1, -0.05) is 13.0 Å². The van der Waals surface area contributed by atoms with Gasteiger partial charge in [0.1, 0.15) is 23.2 Å². The summed E-state index contributed by atoms with van der Waals surface area (Å²) in [5.41, 5.74) is 1.30. The minimum atomic E-state index is -0.473. The quantitative estimate of drug-likeness (QED) is 0.365. The van der Waals surface area contributed by atoms with Crippen LogP contribution in [-0.4, -0.2) is 16.9 Å². The van der Waals surface area contributed by atoms with E-state index in [9.17, 15) is 20.2 Å². The first-order valence-corrected chi connectivity index (χ1v) is 8.13. The van der Waals surface area contributed by atoms with Crippen molar-refractivity contribution in [1.29, 1.82) is 5.26 Å². The van der Waals surface area contributed by atoms with E-state index in [1.807, 2.05) is 26.8 Å². The van der Waals surface area contributed by atoms with Crippen molar-refractivity contribution in [2.45, 2.75) is 33.2 Å². The van der Waals surface area contributed by atoms with E-state index < -0.39 is 10.8 Å². The molecule has 0 spiro atoms. The fraction of sp³-hybridized carbons (Fsp3) is 0.263. The summed E-state index contributed by atoms with van der Waals surface area (Å²) in [5, 5.41) is 22.9. The Bertz CT molecular complexity index is 906. The molecule has 1 N–H and O–H groups in total. The van der Waals surface area contributed by atoms with Gasteiger partial charge in [-0.3, -0.25) is 14.9 Å². The molecule has 26 heavy (non-hydrogen) atoms. The van der Waals surface area contributed by atoms with Crippen LogP contribution in [-0.2, 0) is 4.79 Å². The van der Waals surface area contributed by atoms with Crippen LogP contribution in [0.25, 0.3) is 17.4 Å². The lowest BCUT2D eigenvalue weighted by Gasteiger charge is -2.10. The van der Waals surface area contributed by atoms with Crippen molar-refractivity contribution < 1.29 is 14.1 Å². The molecule has 1 aromatic heterocycles. The van der Waals surface area contributed by atoms with E-state index in [0.717, 1.165) is 12.0 Å². The molecule has 1 atom stereocenters. The first-order valence-electron chi connectivity index (χ1n) is 8.13. The smallest absolute Gasteiger partial charge is 0.270 e. The molecular formula is C19H19N3O4. The highest BCUT2D eigenvalue weighted by Crippen LogP contribution is 2.29. The van der Waals surface area contributed by atoms with Crippen molar-refractivity contribution >= 4 is 17.7 Å². The van der Waals surface area contributed by atoms with Gasteiger partial charge in [0.25, 0.3) is 11.6 Å². The Morgan fingerprint density at radius 3 is 2.77 bits per heavy atom. The zero-order valence-electron chi connectivity index (χ0n) is 14.8. The number of amides is 1. The SMILES string of the molecule is CC[C@@H](C)NC(=O)/C(C#N)=C/c1ccc(-c2cc([N+](=O)[O-])ccc2C)o1. The number of non-ortho nitro benzene ring substituents is 1. The summed E-state index contributed by atoms with van der Waals surface area (Å²) in [6.45, 7) is 5.60. The molecule has 2 aromatic rings. The van der Waals surface area contributed by atoms with Crippen LogP contribution in [0.2, 0.25) is 0 Å². The van der Waals surface area contributed by atoms with Crippen LogP contribution in [0, 0.1) is 28.4 Å². The highest BCUT2D eigenvalue weighted by atomic mass is 16.6. The lowest BCUT2D eigenvalue weighted by atomic mass is 10.1. The zero-order valence-corrected chi connectivity index (χ0v) is 14.8. The summed E-state index contributed by atoms with van der Waals surface area (Å²) in [5.74, 6) is 0.283. The maximum Gasteiger partial charge on any atom is 0.270 e. The molecule has 0 unspecified atom stereocenters. The number of nitro groups is 1. The molecule has 0 radical (unpaired) electrons. The topological polar surface area (TPSA) is 109 Å². The van der Waals surface area contributed by atoms with Crippen LogP contribution in [0.1, 0.15) is 31.6 Å². The fourth-order valence-corrected chi connectivity index (χ4v) is 2.26. The van der Waals surface area contributed by atoms with E-state index in [1.54, 1.807) is 18.2 Å². The highest BCUT2D eigenvalue weighted by Gasteiger charge is 2.15. The summed E-state index contributed by atoms with van der Waals surface area (Å²) in [7, 11) is 0. The molecule has 1 amide bonds. The molecule has 2 rings (SSSR count). The molecule has 7 nitrogen and oxygen atoms in total. The Hall–Kier alpha value is -3.40. The summed E-state index contributed by atoms with van der Waals surface area (Å²) in [4.78, 5) is 22.6. The maximum absolute atomic E-state index is 12.1. The molecule has 1 heterocycles. The highest BCUT2D eigenvalue weighted by molar-refractivity contribution is 6.01. The molecule has 0 aliphatic rings. The summed E-state index contributed by atoms with van der Waals surface area (Å²) >= 11 is 0. The third kappa shape index (κ3) is 4.36. The molecular weight excluding hydrogens is 334 g/mol. The average Bonchev–Trinajstić information content (AvgIpc) is 3.07. The van der Waals surface area contributed by atoms with E-state index in [-0.39, 0.29) is 17.3 Å². The number of hydrogen-bond donors (Lipinski definition) is 1. The number of benzene rings is 1. The van der Waals surface area contributed by atoms with Gasteiger partial charge >= 0.3 is 0 Å². The van der Waals surface area contributed by atoms with Gasteiger partial charge in [0.2, 0.25) is 0 Å². The number of hydrogen-bond acceptors (Lipinski definition) is 5. The minimum Gasteiger partial charge on any atom is -0.457 e. The normalized spacial score (nSPS) is 12.3. The second-order valence-corrected chi connectivity index (χ2v) is 5.91. The largest absolute Gasteiger partial charge is 0.457 e. The number of nitro benzene ring substituents is 1. The number of nitriles is 1. The number of aryl methyl sites for hydroxylation is 1. The number of nitrogens with zero attached hydrogens (tertiary/aromatic N) is 2. The lowest BCUT2D eigenvalue weighted by molar-refractivity contribution is -0.384. The van der Waals surface area contributed by atoms with Gasteiger partial charge in [-0.25, -0.2) is 0 Å². The molecule has 0 fully saturated rings. The van der Waals surface area contributed by atoms with Crippen LogP contribution in [0.5, 0.6) is 0 Å². The summed E-state index contributed by atoms with van der Waals surface area (Å²) in [6.07, 6.45) is 2.11. The van der Waals surface area contributed by atoms with Gasteiger partial charge in [-0.2, -0.15) is 5.26 Å². The first kappa shape index (κ1) is 18.9. The first-order chi connectivity index (χ1) is 12.3. The third-order valence-corrected chi connectivity index (χ3v) is 3.97. The maximum atomic E-state index is 12.1. The van der Waals surface area contributed by atoms with Crippen molar-refractivity contribution in [1.82, 2.24) is 5.32 Å². The molecule has 0 bridgehead atoms. The summed E-state index contributed by atoms with van der Waals surface area (Å²) in [6, 6.07) is 9.59. The second kappa shape index (κ2) is 8.12. The van der Waals surface area contributed by atoms with Gasteiger partial charge in [0.15, 0.2) is 0 Å². The van der Waals surface area contributed by atoms with Crippen LogP contribution >= 0.6 is 0 Å². The molecule has 0 aliphatic heterocycles. The number of rotatable bonds is 6. The number of furan rings is 1. The molecule has 1 aromatic carbocycles. The number of carbonyl (C=O) groups excluding carboxylic acids is 1. The fourth-order valence-electron chi connectivity index (χ4n) is 2.26. The Kier molecular flexibility index (Phi) is 5.91. The van der Waals surface area contributed by atoms with E-state index in [0.29, 0.717) is 17.1 Å². The molecule has 134 valence electrons. The van der Waals surface area contributed by atoms with Gasteiger partial charge in [-0.15, -0.1) is 0 Å². The molecule has 7 heteroatoms. The Morgan fingerprint density at radius 1 is 1.42 bits per heavy atom.